The molecule has 0 radical (unpaired) electrons. The lowest BCUT2D eigenvalue weighted by molar-refractivity contribution is -0.143. The third-order valence-corrected chi connectivity index (χ3v) is 1.17. The lowest BCUT2D eigenvalue weighted by Crippen LogP contribution is -2.33. The van der Waals surface area contributed by atoms with Crippen molar-refractivity contribution in [3.63, 3.8) is 0 Å². The van der Waals surface area contributed by atoms with E-state index in [1.165, 1.54) is 0 Å². The molecule has 0 spiro atoms. The Morgan fingerprint density at radius 2 is 2.80 bits per heavy atom. The lowest BCUT2D eigenvalue weighted by atomic mass is 10.2. The van der Waals surface area contributed by atoms with E-state index in [0.717, 1.165) is 7.11 Å². The lowest BCUT2D eigenvalue weighted by Gasteiger charge is -2.04. The summed E-state index contributed by atoms with van der Waals surface area (Å²) in [5.74, 6) is -1.36. The Morgan fingerprint density at radius 1 is 2.10 bits per heavy atom. The fraction of sp³-hybridized carbons (Fsp3) is 0.667. The molecule has 1 aliphatic heterocycles. The van der Waals surface area contributed by atoms with Crippen LogP contribution in [0.1, 0.15) is 15.6 Å². The highest BCUT2D eigenvalue weighted by molar-refractivity contribution is 5.87. The number of amides is 1. The second kappa shape index (κ2) is 2.68. The van der Waals surface area contributed by atoms with Gasteiger partial charge in [0.05, 0.1) is 8.48 Å². The van der Waals surface area contributed by atoms with Crippen LogP contribution in [0.5, 0.6) is 0 Å². The molecule has 0 aromatic carbocycles. The molecule has 1 saturated heterocycles. The number of rotatable bonds is 1. The molecule has 1 heterocycles. The number of nitrogens with one attached hydrogen (secondary N) is 1. The van der Waals surface area contributed by atoms with Crippen molar-refractivity contribution < 1.29 is 17.1 Å². The highest BCUT2D eigenvalue weighted by Crippen LogP contribution is 2.06. The molecule has 1 amide bonds. The molecular formula is C6H9NO3. The minimum atomic E-state index is -1.91. The summed E-state index contributed by atoms with van der Waals surface area (Å²) < 4.78 is 19.0. The summed E-state index contributed by atoms with van der Waals surface area (Å²) in [6.07, 6.45) is -1.21. The maximum absolute atomic E-state index is 10.9. The summed E-state index contributed by atoms with van der Waals surface area (Å²) in [4.78, 5) is 21.7. The fourth-order valence-corrected chi connectivity index (χ4v) is 0.691. The van der Waals surface area contributed by atoms with E-state index in [1.807, 2.05) is 0 Å². The molecule has 0 bridgehead atoms. The zero-order valence-corrected chi connectivity index (χ0v) is 5.51. The topological polar surface area (TPSA) is 55.4 Å². The van der Waals surface area contributed by atoms with Crippen LogP contribution < -0.4 is 5.32 Å². The largest absolute Gasteiger partial charge is 0.467 e. The number of hydrogen-bond acceptors (Lipinski definition) is 3. The fourth-order valence-electron chi connectivity index (χ4n) is 0.691. The zero-order valence-electron chi connectivity index (χ0n) is 7.51. The van der Waals surface area contributed by atoms with Crippen LogP contribution in [0, 0.1) is 0 Å². The van der Waals surface area contributed by atoms with E-state index in [0.29, 0.717) is 0 Å². The summed E-state index contributed by atoms with van der Waals surface area (Å²) >= 11 is 0. The van der Waals surface area contributed by atoms with E-state index in [-0.39, 0.29) is 6.42 Å². The average molecular weight is 145 g/mol. The molecule has 0 aromatic rings. The first-order chi connectivity index (χ1) is 5.50. The van der Waals surface area contributed by atoms with Gasteiger partial charge in [0, 0.05) is 7.79 Å². The second-order valence-electron chi connectivity index (χ2n) is 1.86. The van der Waals surface area contributed by atoms with Crippen LogP contribution in [-0.4, -0.2) is 25.0 Å². The third-order valence-electron chi connectivity index (χ3n) is 1.17. The SMILES string of the molecule is [2H][C@H]1CC(=O)N[C@]1([2H])C(=O)OC. The van der Waals surface area contributed by atoms with Crippen LogP contribution >= 0.6 is 0 Å². The van der Waals surface area contributed by atoms with Crippen molar-refractivity contribution in [2.75, 3.05) is 7.11 Å². The van der Waals surface area contributed by atoms with Crippen LogP contribution in [0.2, 0.25) is 0 Å². The molecule has 4 nitrogen and oxygen atoms in total. The van der Waals surface area contributed by atoms with E-state index in [2.05, 4.69) is 10.1 Å². The van der Waals surface area contributed by atoms with E-state index in [1.54, 1.807) is 0 Å². The van der Waals surface area contributed by atoms with Gasteiger partial charge in [-0.1, -0.05) is 0 Å². The van der Waals surface area contributed by atoms with Gasteiger partial charge in [-0.25, -0.2) is 4.79 Å². The molecule has 56 valence electrons. The molecule has 2 atom stereocenters. The Hall–Kier alpha value is -1.06. The number of methoxy groups -OCH3 is 1. The van der Waals surface area contributed by atoms with Gasteiger partial charge in [-0.3, -0.25) is 4.79 Å². The normalized spacial score (nSPS) is 41.7. The maximum Gasteiger partial charge on any atom is 0.328 e. The molecule has 0 aliphatic carbocycles. The molecule has 0 unspecified atom stereocenters. The van der Waals surface area contributed by atoms with E-state index in [9.17, 15) is 9.59 Å². The summed E-state index contributed by atoms with van der Waals surface area (Å²) in [6.45, 7) is 0. The van der Waals surface area contributed by atoms with E-state index >= 15 is 0 Å². The first-order valence-electron chi connectivity index (χ1n) is 3.90. The van der Waals surface area contributed by atoms with Gasteiger partial charge >= 0.3 is 5.97 Å². The number of hydrogen-bond donors (Lipinski definition) is 1. The monoisotopic (exact) mass is 145 g/mol. The Balaban J connectivity index is 2.84. The highest BCUT2D eigenvalue weighted by atomic mass is 16.5. The Labute approximate surface area is 61.4 Å². The molecule has 1 N–H and O–H groups in total. The quantitative estimate of drug-likeness (QED) is 0.503. The van der Waals surface area contributed by atoms with Crippen LogP contribution in [-0.2, 0) is 14.3 Å². The van der Waals surface area contributed by atoms with Crippen molar-refractivity contribution in [1.82, 2.24) is 5.32 Å². The van der Waals surface area contributed by atoms with Crippen molar-refractivity contribution in [2.45, 2.75) is 18.8 Å². The predicted octanol–water partition coefficient (Wildman–Crippen LogP) is -0.562. The Kier molecular flexibility index (Phi) is 1.26. The first-order valence-corrected chi connectivity index (χ1v) is 2.82. The van der Waals surface area contributed by atoms with Crippen LogP contribution in [0.4, 0.5) is 0 Å². The smallest absolute Gasteiger partial charge is 0.328 e. The molecule has 10 heavy (non-hydrogen) atoms. The van der Waals surface area contributed by atoms with E-state index in [4.69, 9.17) is 2.74 Å². The average Bonchev–Trinajstić information content (AvgIpc) is 2.26. The Morgan fingerprint density at radius 3 is 3.20 bits per heavy atom. The standard InChI is InChI=1S/C6H9NO3/c1-10-6(9)4-2-3-5(8)7-4/h4H,2-3H2,1H3,(H,7,8)/t4-/m0/s1/i2D,4D/t2-,4-. The van der Waals surface area contributed by atoms with Crippen molar-refractivity contribution in [1.29, 1.82) is 0 Å². The van der Waals surface area contributed by atoms with Crippen molar-refractivity contribution >= 4 is 11.9 Å². The van der Waals surface area contributed by atoms with Gasteiger partial charge in [-0.2, -0.15) is 0 Å². The minimum absolute atomic E-state index is 0.126. The van der Waals surface area contributed by atoms with Crippen molar-refractivity contribution in [3.8, 4) is 0 Å². The highest BCUT2D eigenvalue weighted by Gasteiger charge is 2.27. The molecule has 4 heteroatoms. The zero-order chi connectivity index (χ0) is 9.35. The third kappa shape index (κ3) is 1.26. The number of esters is 1. The Bertz CT molecular complexity index is 233. The van der Waals surface area contributed by atoms with Gasteiger partial charge < -0.3 is 10.1 Å². The van der Waals surface area contributed by atoms with Crippen LogP contribution in [0.15, 0.2) is 0 Å². The molecule has 1 fully saturated rings. The molecular weight excluding hydrogens is 134 g/mol. The number of carbonyl (C=O) groups excluding carboxylic acids is 2. The predicted molar refractivity (Wildman–Crippen MR) is 33.2 cm³/mol. The maximum atomic E-state index is 10.9. The van der Waals surface area contributed by atoms with E-state index < -0.39 is 24.3 Å². The molecule has 1 rings (SSSR count). The number of carbonyl (C=O) groups is 2. The summed E-state index contributed by atoms with van der Waals surface area (Å²) in [6, 6.07) is -1.91. The van der Waals surface area contributed by atoms with Gasteiger partial charge in [0.2, 0.25) is 5.91 Å². The molecule has 0 aromatic heterocycles. The van der Waals surface area contributed by atoms with Gasteiger partial charge in [0.1, 0.15) is 6.02 Å². The summed E-state index contributed by atoms with van der Waals surface area (Å²) in [5.41, 5.74) is 0. The summed E-state index contributed by atoms with van der Waals surface area (Å²) in [5, 5.41) is 2.10. The van der Waals surface area contributed by atoms with Gasteiger partial charge in [0.15, 0.2) is 0 Å². The van der Waals surface area contributed by atoms with Gasteiger partial charge in [0.25, 0.3) is 0 Å². The van der Waals surface area contributed by atoms with Crippen molar-refractivity contribution in [2.24, 2.45) is 0 Å². The summed E-state index contributed by atoms with van der Waals surface area (Å²) in [7, 11) is 1.12. The number of ether oxygens (including phenoxy) is 1. The minimum Gasteiger partial charge on any atom is -0.467 e. The van der Waals surface area contributed by atoms with Crippen LogP contribution in [0.3, 0.4) is 0 Å². The van der Waals surface area contributed by atoms with Crippen molar-refractivity contribution in [3.05, 3.63) is 0 Å². The van der Waals surface area contributed by atoms with Gasteiger partial charge in [-0.15, -0.1) is 0 Å². The molecule has 1 aliphatic rings. The van der Waals surface area contributed by atoms with Crippen LogP contribution in [0.25, 0.3) is 0 Å². The first kappa shape index (κ1) is 4.71. The van der Waals surface area contributed by atoms with Gasteiger partial charge in [-0.05, 0) is 6.40 Å². The second-order valence-corrected chi connectivity index (χ2v) is 1.86. The molecule has 0 saturated carbocycles.